The van der Waals surface area contributed by atoms with Crippen LogP contribution >= 0.6 is 0 Å². The van der Waals surface area contributed by atoms with Gasteiger partial charge in [0, 0.05) is 25.1 Å². The van der Waals surface area contributed by atoms with Crippen LogP contribution in [0.2, 0.25) is 0 Å². The third-order valence-corrected chi connectivity index (χ3v) is 2.42. The Bertz CT molecular complexity index is 535. The molecule has 6 nitrogen and oxygen atoms in total. The summed E-state index contributed by atoms with van der Waals surface area (Å²) in [5.41, 5.74) is 6.82. The Kier molecular flexibility index (Phi) is 3.57. The predicted octanol–water partition coefficient (Wildman–Crippen LogP) is 1.52. The molecular formula is C12H15N5O. The lowest BCUT2D eigenvalue weighted by molar-refractivity contribution is 0.101. The second-order valence-electron chi connectivity index (χ2n) is 3.90. The first-order chi connectivity index (χ1) is 8.70. The third-order valence-electron chi connectivity index (χ3n) is 2.42. The molecule has 0 spiro atoms. The van der Waals surface area contributed by atoms with Crippen LogP contribution in [-0.2, 0) is 6.54 Å². The van der Waals surface area contributed by atoms with E-state index >= 15 is 0 Å². The van der Waals surface area contributed by atoms with Crippen molar-refractivity contribution in [1.82, 2.24) is 14.5 Å². The topological polar surface area (TPSA) is 85.8 Å². The summed E-state index contributed by atoms with van der Waals surface area (Å²) in [6.07, 6.45) is 7.26. The van der Waals surface area contributed by atoms with Gasteiger partial charge in [0.25, 0.3) is 5.91 Å². The normalized spacial score (nSPS) is 10.3. The smallest absolute Gasteiger partial charge is 0.273 e. The highest BCUT2D eigenvalue weighted by atomic mass is 16.2. The van der Waals surface area contributed by atoms with Gasteiger partial charge in [0.05, 0.1) is 11.9 Å². The lowest BCUT2D eigenvalue weighted by Gasteiger charge is -2.07. The Labute approximate surface area is 105 Å². The lowest BCUT2D eigenvalue weighted by atomic mass is 10.3. The maximum atomic E-state index is 12.1. The zero-order chi connectivity index (χ0) is 13.0. The second kappa shape index (κ2) is 5.31. The summed E-state index contributed by atoms with van der Waals surface area (Å²) in [6, 6.07) is 1.65. The van der Waals surface area contributed by atoms with Crippen molar-refractivity contribution < 1.29 is 4.79 Å². The molecule has 0 saturated heterocycles. The summed E-state index contributed by atoms with van der Waals surface area (Å²) in [7, 11) is 0. The van der Waals surface area contributed by atoms with Crippen LogP contribution in [0.25, 0.3) is 0 Å². The summed E-state index contributed by atoms with van der Waals surface area (Å²) in [5.74, 6) is 0.186. The quantitative estimate of drug-likeness (QED) is 0.855. The van der Waals surface area contributed by atoms with Gasteiger partial charge in [0.15, 0.2) is 5.82 Å². The van der Waals surface area contributed by atoms with E-state index in [-0.39, 0.29) is 5.91 Å². The van der Waals surface area contributed by atoms with E-state index in [0.717, 1.165) is 13.0 Å². The summed E-state index contributed by atoms with van der Waals surface area (Å²) in [4.78, 5) is 19.9. The van der Waals surface area contributed by atoms with Crippen molar-refractivity contribution in [2.75, 3.05) is 11.1 Å². The number of amides is 1. The molecule has 2 rings (SSSR count). The SMILES string of the molecule is CCCn1cc(N)cc1C(=O)Nc1cnccn1. The minimum Gasteiger partial charge on any atom is -0.397 e. The first kappa shape index (κ1) is 12.1. The fourth-order valence-electron chi connectivity index (χ4n) is 1.69. The molecule has 6 heteroatoms. The first-order valence-corrected chi connectivity index (χ1v) is 5.73. The molecule has 2 heterocycles. The Morgan fingerprint density at radius 1 is 1.50 bits per heavy atom. The Balaban J connectivity index is 2.18. The number of nitrogens with zero attached hydrogens (tertiary/aromatic N) is 3. The number of nitrogen functional groups attached to an aromatic ring is 1. The Morgan fingerprint density at radius 3 is 3.00 bits per heavy atom. The van der Waals surface area contributed by atoms with Gasteiger partial charge < -0.3 is 15.6 Å². The molecule has 94 valence electrons. The van der Waals surface area contributed by atoms with Gasteiger partial charge >= 0.3 is 0 Å². The summed E-state index contributed by atoms with van der Waals surface area (Å²) in [6.45, 7) is 2.79. The molecule has 0 fully saturated rings. The van der Waals surface area contributed by atoms with Crippen LogP contribution in [0.15, 0.2) is 30.9 Å². The number of nitrogens with two attached hydrogens (primary N) is 1. The van der Waals surface area contributed by atoms with Gasteiger partial charge in [-0.05, 0) is 12.5 Å². The van der Waals surface area contributed by atoms with Gasteiger partial charge in [-0.3, -0.25) is 9.78 Å². The van der Waals surface area contributed by atoms with E-state index in [1.165, 1.54) is 12.4 Å². The maximum absolute atomic E-state index is 12.1. The predicted molar refractivity (Wildman–Crippen MR) is 69.1 cm³/mol. The average molecular weight is 245 g/mol. The molecule has 0 aliphatic carbocycles. The van der Waals surface area contributed by atoms with Crippen LogP contribution in [0, 0.1) is 0 Å². The number of carbonyl (C=O) groups excluding carboxylic acids is 1. The number of aromatic nitrogens is 3. The Hall–Kier alpha value is -2.37. The fraction of sp³-hybridized carbons (Fsp3) is 0.250. The lowest BCUT2D eigenvalue weighted by Crippen LogP contribution is -2.17. The van der Waals surface area contributed by atoms with E-state index in [2.05, 4.69) is 15.3 Å². The summed E-state index contributed by atoms with van der Waals surface area (Å²) < 4.78 is 1.83. The molecule has 18 heavy (non-hydrogen) atoms. The zero-order valence-electron chi connectivity index (χ0n) is 10.1. The third kappa shape index (κ3) is 2.65. The molecule has 0 radical (unpaired) electrons. The molecule has 0 atom stereocenters. The van der Waals surface area contributed by atoms with Crippen molar-refractivity contribution in [3.63, 3.8) is 0 Å². The van der Waals surface area contributed by atoms with Crippen molar-refractivity contribution in [2.24, 2.45) is 0 Å². The first-order valence-electron chi connectivity index (χ1n) is 5.73. The van der Waals surface area contributed by atoms with Crippen molar-refractivity contribution in [3.8, 4) is 0 Å². The van der Waals surface area contributed by atoms with Gasteiger partial charge in [0.1, 0.15) is 5.69 Å². The fourth-order valence-corrected chi connectivity index (χ4v) is 1.69. The molecule has 0 saturated carbocycles. The number of hydrogen-bond acceptors (Lipinski definition) is 4. The number of aryl methyl sites for hydroxylation is 1. The van der Waals surface area contributed by atoms with Crippen LogP contribution in [-0.4, -0.2) is 20.4 Å². The van der Waals surface area contributed by atoms with Gasteiger partial charge in [-0.15, -0.1) is 0 Å². The van der Waals surface area contributed by atoms with E-state index in [1.807, 2.05) is 11.5 Å². The number of anilines is 2. The van der Waals surface area contributed by atoms with E-state index in [4.69, 9.17) is 5.73 Å². The molecule has 2 aromatic heterocycles. The van der Waals surface area contributed by atoms with Crippen LogP contribution in [0.1, 0.15) is 23.8 Å². The largest absolute Gasteiger partial charge is 0.397 e. The standard InChI is InChI=1S/C12H15N5O/c1-2-5-17-8-9(13)6-10(17)12(18)16-11-7-14-3-4-15-11/h3-4,6-8H,2,5,13H2,1H3,(H,15,16,18). The molecule has 3 N–H and O–H groups in total. The van der Waals surface area contributed by atoms with Crippen molar-refractivity contribution >= 4 is 17.4 Å². The molecule has 0 bridgehead atoms. The minimum absolute atomic E-state index is 0.236. The molecule has 0 aliphatic heterocycles. The van der Waals surface area contributed by atoms with Crippen LogP contribution in [0.4, 0.5) is 11.5 Å². The van der Waals surface area contributed by atoms with Crippen LogP contribution < -0.4 is 11.1 Å². The maximum Gasteiger partial charge on any atom is 0.273 e. The monoisotopic (exact) mass is 245 g/mol. The molecule has 2 aromatic rings. The van der Waals surface area contributed by atoms with Crippen LogP contribution in [0.3, 0.4) is 0 Å². The highest BCUT2D eigenvalue weighted by Gasteiger charge is 2.13. The van der Waals surface area contributed by atoms with Crippen LogP contribution in [0.5, 0.6) is 0 Å². The summed E-state index contributed by atoms with van der Waals surface area (Å²) in [5, 5.41) is 2.68. The molecule has 1 amide bonds. The number of hydrogen-bond donors (Lipinski definition) is 2. The number of nitrogens with one attached hydrogen (secondary N) is 1. The number of carbonyl (C=O) groups is 1. The Morgan fingerprint density at radius 2 is 2.33 bits per heavy atom. The molecule has 0 unspecified atom stereocenters. The average Bonchev–Trinajstić information content (AvgIpc) is 2.72. The second-order valence-corrected chi connectivity index (χ2v) is 3.90. The highest BCUT2D eigenvalue weighted by Crippen LogP contribution is 2.13. The minimum atomic E-state index is -0.236. The summed E-state index contributed by atoms with van der Waals surface area (Å²) >= 11 is 0. The van der Waals surface area contributed by atoms with Gasteiger partial charge in [-0.25, -0.2) is 4.98 Å². The number of rotatable bonds is 4. The van der Waals surface area contributed by atoms with Gasteiger partial charge in [-0.2, -0.15) is 0 Å². The van der Waals surface area contributed by atoms with Crippen molar-refractivity contribution in [3.05, 3.63) is 36.5 Å². The molecule has 0 aromatic carbocycles. The van der Waals surface area contributed by atoms with Gasteiger partial charge in [0.2, 0.25) is 0 Å². The van der Waals surface area contributed by atoms with Crippen molar-refractivity contribution in [1.29, 1.82) is 0 Å². The zero-order valence-corrected chi connectivity index (χ0v) is 10.1. The van der Waals surface area contributed by atoms with E-state index in [9.17, 15) is 4.79 Å². The highest BCUT2D eigenvalue weighted by molar-refractivity contribution is 6.03. The van der Waals surface area contributed by atoms with E-state index in [0.29, 0.717) is 17.2 Å². The van der Waals surface area contributed by atoms with Crippen molar-refractivity contribution in [2.45, 2.75) is 19.9 Å². The van der Waals surface area contributed by atoms with Gasteiger partial charge in [-0.1, -0.05) is 6.92 Å². The van der Waals surface area contributed by atoms with E-state index < -0.39 is 0 Å². The molecular weight excluding hydrogens is 230 g/mol. The van der Waals surface area contributed by atoms with E-state index in [1.54, 1.807) is 18.5 Å². The molecule has 0 aliphatic rings.